The van der Waals surface area contributed by atoms with E-state index in [9.17, 15) is 5.26 Å². The van der Waals surface area contributed by atoms with Crippen molar-refractivity contribution in [2.24, 2.45) is 0 Å². The molecule has 294 valence electrons. The Balaban J connectivity index is 1.22. The first-order valence-corrected chi connectivity index (χ1v) is 20.7. The Hall–Kier alpha value is -9.46. The molecule has 6 heteroatoms. The SMILES string of the molecule is [C-]#[N+]c1ccc(-c2cc(-c3ccc(C#N)cc3)cc(-n3c4ccccc4c4c3ccc3c5ccccc5n(-c5cc(-c6ccc([N+]#[C-])cc6)cc(-c6ccc([N+]#[C-])cc6)c5)c34)c2)cc1. The summed E-state index contributed by atoms with van der Waals surface area (Å²) in [6.45, 7) is 22.7. The number of fused-ring (bicyclic) bond motifs is 7. The number of nitriles is 1. The molecular formula is C58H32N6. The van der Waals surface area contributed by atoms with Crippen LogP contribution < -0.4 is 0 Å². The predicted octanol–water partition coefficient (Wildman–Crippen LogP) is 16.1. The third-order valence-corrected chi connectivity index (χ3v) is 12.2. The van der Waals surface area contributed by atoms with E-state index in [4.69, 9.17) is 19.7 Å². The summed E-state index contributed by atoms with van der Waals surface area (Å²) in [7, 11) is 0. The van der Waals surface area contributed by atoms with Crippen molar-refractivity contribution in [3.63, 3.8) is 0 Å². The van der Waals surface area contributed by atoms with Crippen LogP contribution in [-0.2, 0) is 0 Å². The third kappa shape index (κ3) is 6.24. The van der Waals surface area contributed by atoms with Crippen LogP contribution in [0.15, 0.2) is 194 Å². The van der Waals surface area contributed by atoms with Gasteiger partial charge in [-0.3, -0.25) is 0 Å². The first kappa shape index (κ1) is 37.5. The van der Waals surface area contributed by atoms with Crippen LogP contribution in [0.3, 0.4) is 0 Å². The number of hydrogen-bond acceptors (Lipinski definition) is 1. The molecule has 11 aromatic rings. The summed E-state index contributed by atoms with van der Waals surface area (Å²) in [6.07, 6.45) is 0. The summed E-state index contributed by atoms with van der Waals surface area (Å²) in [5.74, 6) is 0. The lowest BCUT2D eigenvalue weighted by atomic mass is 9.97. The van der Waals surface area contributed by atoms with E-state index in [1.165, 1.54) is 0 Å². The molecule has 0 bridgehead atoms. The zero-order chi connectivity index (χ0) is 43.3. The van der Waals surface area contributed by atoms with Crippen molar-refractivity contribution in [1.82, 2.24) is 9.13 Å². The molecule has 0 aliphatic carbocycles. The van der Waals surface area contributed by atoms with E-state index in [-0.39, 0.29) is 0 Å². The van der Waals surface area contributed by atoms with Crippen molar-refractivity contribution >= 4 is 60.7 Å². The molecule has 0 unspecified atom stereocenters. The van der Waals surface area contributed by atoms with E-state index in [0.717, 1.165) is 99.5 Å². The van der Waals surface area contributed by atoms with E-state index in [1.807, 2.05) is 97.1 Å². The average Bonchev–Trinajstić information content (AvgIpc) is 3.89. The lowest BCUT2D eigenvalue weighted by Crippen LogP contribution is -1.97. The number of nitrogens with zero attached hydrogens (tertiary/aromatic N) is 6. The molecule has 2 heterocycles. The molecule has 0 amide bonds. The molecular weight excluding hydrogens is 781 g/mol. The molecule has 0 atom stereocenters. The van der Waals surface area contributed by atoms with Crippen LogP contribution >= 0.6 is 0 Å². The highest BCUT2D eigenvalue weighted by molar-refractivity contribution is 6.26. The van der Waals surface area contributed by atoms with E-state index in [0.29, 0.717) is 22.6 Å². The largest absolute Gasteiger partial charge is 0.309 e. The van der Waals surface area contributed by atoms with E-state index in [2.05, 4.69) is 127 Å². The van der Waals surface area contributed by atoms with Crippen LogP contribution in [0.4, 0.5) is 17.1 Å². The molecule has 0 N–H and O–H groups in total. The van der Waals surface area contributed by atoms with Crippen molar-refractivity contribution in [3.8, 4) is 62.0 Å². The van der Waals surface area contributed by atoms with Crippen LogP contribution in [0.25, 0.3) is 114 Å². The second-order valence-corrected chi connectivity index (χ2v) is 15.8. The van der Waals surface area contributed by atoms with Gasteiger partial charge in [-0.25, -0.2) is 14.5 Å². The molecule has 0 saturated carbocycles. The van der Waals surface area contributed by atoms with Crippen molar-refractivity contribution < 1.29 is 0 Å². The maximum absolute atomic E-state index is 9.59. The van der Waals surface area contributed by atoms with Gasteiger partial charge >= 0.3 is 0 Å². The third-order valence-electron chi connectivity index (χ3n) is 12.2. The maximum Gasteiger partial charge on any atom is 0.187 e. The highest BCUT2D eigenvalue weighted by Gasteiger charge is 2.22. The number of aromatic nitrogens is 2. The van der Waals surface area contributed by atoms with Gasteiger partial charge in [-0.05, 0) is 111 Å². The zero-order valence-corrected chi connectivity index (χ0v) is 34.2. The van der Waals surface area contributed by atoms with Crippen LogP contribution in [0.5, 0.6) is 0 Å². The highest BCUT2D eigenvalue weighted by Crippen LogP contribution is 2.44. The van der Waals surface area contributed by atoms with Gasteiger partial charge in [-0.2, -0.15) is 5.26 Å². The maximum atomic E-state index is 9.59. The molecule has 0 spiro atoms. The van der Waals surface area contributed by atoms with E-state index in [1.54, 1.807) is 0 Å². The number of para-hydroxylation sites is 2. The molecule has 6 nitrogen and oxygen atoms in total. The Morgan fingerprint density at radius 3 is 1.22 bits per heavy atom. The molecule has 11 rings (SSSR count). The Labute approximate surface area is 369 Å². The number of hydrogen-bond donors (Lipinski definition) is 0. The first-order chi connectivity index (χ1) is 31.5. The minimum atomic E-state index is 0.586. The summed E-state index contributed by atoms with van der Waals surface area (Å²) in [4.78, 5) is 10.9. The Morgan fingerprint density at radius 2 is 0.766 bits per heavy atom. The van der Waals surface area contributed by atoms with Crippen LogP contribution in [-0.4, -0.2) is 9.13 Å². The normalized spacial score (nSPS) is 11.1. The lowest BCUT2D eigenvalue weighted by molar-refractivity contribution is 1.17. The second kappa shape index (κ2) is 15.2. The van der Waals surface area contributed by atoms with Gasteiger partial charge in [0.25, 0.3) is 0 Å². The Kier molecular flexibility index (Phi) is 8.93. The fourth-order valence-corrected chi connectivity index (χ4v) is 9.12. The van der Waals surface area contributed by atoms with Crippen molar-refractivity contribution in [2.75, 3.05) is 0 Å². The molecule has 0 saturated heterocycles. The topological polar surface area (TPSA) is 46.7 Å². The summed E-state index contributed by atoms with van der Waals surface area (Å²) in [6, 6.07) is 68.1. The van der Waals surface area contributed by atoms with Crippen molar-refractivity contribution in [1.29, 1.82) is 5.26 Å². The Morgan fingerprint density at radius 1 is 0.359 bits per heavy atom. The number of rotatable bonds is 6. The van der Waals surface area contributed by atoms with Crippen LogP contribution in [0, 0.1) is 31.0 Å². The summed E-state index contributed by atoms with van der Waals surface area (Å²) >= 11 is 0. The lowest BCUT2D eigenvalue weighted by Gasteiger charge is -2.15. The standard InChI is InChI=1S/C58H32N6/c1-60-46-22-16-39(17-23-46)43-30-42(38-14-12-37(36-59)13-15-38)32-49(33-43)63-55-11-7-5-9-53(55)57-56(63)29-28-52-51-8-4-6-10-54(51)64(58(52)57)50-34-44(40-18-24-47(61-2)25-19-40)31-45(35-50)41-20-26-48(62-3)27-21-41/h4-35H. The monoisotopic (exact) mass is 812 g/mol. The molecule has 0 aliphatic rings. The van der Waals surface area contributed by atoms with Gasteiger partial charge in [0.05, 0.1) is 53.4 Å². The fourth-order valence-electron chi connectivity index (χ4n) is 9.12. The van der Waals surface area contributed by atoms with Crippen molar-refractivity contribution in [2.45, 2.75) is 0 Å². The molecule has 0 fully saturated rings. The van der Waals surface area contributed by atoms with Crippen molar-refractivity contribution in [3.05, 3.63) is 234 Å². The van der Waals surface area contributed by atoms with Crippen LogP contribution in [0.2, 0.25) is 0 Å². The van der Waals surface area contributed by atoms with E-state index >= 15 is 0 Å². The first-order valence-electron chi connectivity index (χ1n) is 20.7. The second-order valence-electron chi connectivity index (χ2n) is 15.8. The zero-order valence-electron chi connectivity index (χ0n) is 34.2. The average molecular weight is 813 g/mol. The van der Waals surface area contributed by atoms with Gasteiger partial charge in [-0.15, -0.1) is 0 Å². The van der Waals surface area contributed by atoms with Gasteiger partial charge in [0.2, 0.25) is 0 Å². The van der Waals surface area contributed by atoms with Gasteiger partial charge in [-0.1, -0.05) is 127 Å². The molecule has 9 aromatic carbocycles. The van der Waals surface area contributed by atoms with Crippen LogP contribution in [0.1, 0.15) is 5.56 Å². The van der Waals surface area contributed by atoms with Gasteiger partial charge in [0, 0.05) is 32.9 Å². The molecule has 64 heavy (non-hydrogen) atoms. The quantitative estimate of drug-likeness (QED) is 0.154. The van der Waals surface area contributed by atoms with Gasteiger partial charge in [0.1, 0.15) is 0 Å². The van der Waals surface area contributed by atoms with Gasteiger partial charge in [0.15, 0.2) is 17.1 Å². The Bertz CT molecular complexity index is 3690. The summed E-state index contributed by atoms with van der Waals surface area (Å²) in [5, 5.41) is 14.1. The minimum absolute atomic E-state index is 0.586. The molecule has 0 aliphatic heterocycles. The molecule has 2 aromatic heterocycles. The molecule has 0 radical (unpaired) electrons. The summed E-state index contributed by atoms with van der Waals surface area (Å²) < 4.78 is 4.76. The fraction of sp³-hybridized carbons (Fsp3) is 0. The summed E-state index contributed by atoms with van der Waals surface area (Å²) in [5.41, 5.74) is 16.6. The predicted molar refractivity (Wildman–Crippen MR) is 260 cm³/mol. The van der Waals surface area contributed by atoms with Gasteiger partial charge < -0.3 is 9.13 Å². The minimum Gasteiger partial charge on any atom is -0.309 e. The highest BCUT2D eigenvalue weighted by atomic mass is 15.0. The van der Waals surface area contributed by atoms with E-state index < -0.39 is 0 Å². The number of benzene rings is 9. The smallest absolute Gasteiger partial charge is 0.187 e.